The highest BCUT2D eigenvalue weighted by atomic mass is 35.5. The molecule has 4 heteroatoms. The number of nitrogens with one attached hydrogen (secondary N) is 1. The third kappa shape index (κ3) is 4.60. The fourth-order valence-corrected chi connectivity index (χ4v) is 2.97. The number of hydrogen-bond donors (Lipinski definition) is 2. The first-order valence-corrected chi connectivity index (χ1v) is 8.22. The number of rotatable bonds is 5. The Labute approximate surface area is 133 Å². The largest absolute Gasteiger partial charge is 0.390 e. The van der Waals surface area contributed by atoms with Crippen molar-refractivity contribution in [2.24, 2.45) is 5.92 Å². The van der Waals surface area contributed by atoms with E-state index in [0.717, 1.165) is 44.0 Å². The van der Waals surface area contributed by atoms with Gasteiger partial charge in [0.05, 0.1) is 5.60 Å². The number of nitrogens with zero attached hydrogens (tertiary/aromatic N) is 1. The molecule has 118 valence electrons. The van der Waals surface area contributed by atoms with Crippen molar-refractivity contribution in [2.45, 2.75) is 45.8 Å². The SMILES string of the molecule is CC(C)CNCc1c(Cl)cccc1N1CCC(C)(O)CC1. The Morgan fingerprint density at radius 3 is 2.62 bits per heavy atom. The van der Waals surface area contributed by atoms with Crippen LogP contribution in [-0.4, -0.2) is 30.3 Å². The average molecular weight is 311 g/mol. The molecule has 1 fully saturated rings. The maximum absolute atomic E-state index is 10.1. The molecule has 0 bridgehead atoms. The van der Waals surface area contributed by atoms with Gasteiger partial charge in [-0.25, -0.2) is 0 Å². The van der Waals surface area contributed by atoms with Crippen LogP contribution in [0.25, 0.3) is 0 Å². The number of hydrogen-bond acceptors (Lipinski definition) is 3. The van der Waals surface area contributed by atoms with Gasteiger partial charge in [-0.3, -0.25) is 0 Å². The van der Waals surface area contributed by atoms with Crippen LogP contribution in [0, 0.1) is 5.92 Å². The lowest BCUT2D eigenvalue weighted by atomic mass is 9.93. The standard InChI is InChI=1S/C17H27ClN2O/c1-13(2)11-19-12-14-15(18)5-4-6-16(14)20-9-7-17(3,21)8-10-20/h4-6,13,19,21H,7-12H2,1-3H3. The van der Waals surface area contributed by atoms with Crippen molar-refractivity contribution in [3.8, 4) is 0 Å². The lowest BCUT2D eigenvalue weighted by molar-refractivity contribution is 0.0351. The second-order valence-electron chi connectivity index (χ2n) is 6.75. The van der Waals surface area contributed by atoms with Crippen LogP contribution in [0.1, 0.15) is 39.2 Å². The summed E-state index contributed by atoms with van der Waals surface area (Å²) < 4.78 is 0. The molecule has 3 nitrogen and oxygen atoms in total. The van der Waals surface area contributed by atoms with E-state index in [2.05, 4.69) is 30.1 Å². The van der Waals surface area contributed by atoms with E-state index in [1.165, 1.54) is 11.3 Å². The molecular formula is C17H27ClN2O. The molecule has 2 N–H and O–H groups in total. The lowest BCUT2D eigenvalue weighted by Gasteiger charge is -2.38. The maximum Gasteiger partial charge on any atom is 0.0653 e. The summed E-state index contributed by atoms with van der Waals surface area (Å²) in [5, 5.41) is 14.4. The van der Waals surface area contributed by atoms with Crippen molar-refractivity contribution in [1.29, 1.82) is 0 Å². The van der Waals surface area contributed by atoms with E-state index in [1.54, 1.807) is 0 Å². The first-order valence-electron chi connectivity index (χ1n) is 7.84. The van der Waals surface area contributed by atoms with Crippen molar-refractivity contribution in [2.75, 3.05) is 24.5 Å². The molecule has 1 aromatic carbocycles. The van der Waals surface area contributed by atoms with E-state index in [0.29, 0.717) is 5.92 Å². The molecule has 2 rings (SSSR count). The Bertz CT molecular complexity index is 464. The zero-order valence-corrected chi connectivity index (χ0v) is 14.1. The predicted octanol–water partition coefficient (Wildman–Crippen LogP) is 3.44. The lowest BCUT2D eigenvalue weighted by Crippen LogP contribution is -2.43. The minimum atomic E-state index is -0.523. The summed E-state index contributed by atoms with van der Waals surface area (Å²) in [5.41, 5.74) is 1.85. The molecule has 0 spiro atoms. The molecule has 0 radical (unpaired) electrons. The molecular weight excluding hydrogens is 284 g/mol. The van der Waals surface area contributed by atoms with Gasteiger partial charge in [0.15, 0.2) is 0 Å². The van der Waals surface area contributed by atoms with E-state index < -0.39 is 5.60 Å². The van der Waals surface area contributed by atoms with Crippen LogP contribution in [-0.2, 0) is 6.54 Å². The zero-order chi connectivity index (χ0) is 15.5. The molecule has 0 saturated carbocycles. The normalized spacial score (nSPS) is 18.3. The highest BCUT2D eigenvalue weighted by Gasteiger charge is 2.28. The van der Waals surface area contributed by atoms with Gasteiger partial charge in [0.2, 0.25) is 0 Å². The van der Waals surface area contributed by atoms with Gasteiger partial charge < -0.3 is 15.3 Å². The van der Waals surface area contributed by atoms with Gasteiger partial charge in [-0.1, -0.05) is 31.5 Å². The van der Waals surface area contributed by atoms with Gasteiger partial charge in [0.25, 0.3) is 0 Å². The molecule has 21 heavy (non-hydrogen) atoms. The van der Waals surface area contributed by atoms with Crippen LogP contribution in [0.5, 0.6) is 0 Å². The van der Waals surface area contributed by atoms with Gasteiger partial charge in [-0.2, -0.15) is 0 Å². The van der Waals surface area contributed by atoms with E-state index in [-0.39, 0.29) is 0 Å². The number of benzene rings is 1. The Morgan fingerprint density at radius 2 is 2.00 bits per heavy atom. The Balaban J connectivity index is 2.10. The van der Waals surface area contributed by atoms with Crippen LogP contribution in [0.4, 0.5) is 5.69 Å². The second kappa shape index (κ2) is 6.99. The molecule has 1 aromatic rings. The molecule has 0 amide bonds. The minimum Gasteiger partial charge on any atom is -0.390 e. The highest BCUT2D eigenvalue weighted by Crippen LogP contribution is 2.31. The van der Waals surface area contributed by atoms with Gasteiger partial charge in [0, 0.05) is 35.9 Å². The van der Waals surface area contributed by atoms with Crippen LogP contribution < -0.4 is 10.2 Å². The first-order chi connectivity index (χ1) is 9.89. The Morgan fingerprint density at radius 1 is 1.33 bits per heavy atom. The molecule has 1 saturated heterocycles. The number of aliphatic hydroxyl groups is 1. The average Bonchev–Trinajstić information content (AvgIpc) is 2.40. The van der Waals surface area contributed by atoms with Crippen LogP contribution >= 0.6 is 11.6 Å². The van der Waals surface area contributed by atoms with Crippen LogP contribution in [0.15, 0.2) is 18.2 Å². The molecule has 0 unspecified atom stereocenters. The van der Waals surface area contributed by atoms with Crippen LogP contribution in [0.3, 0.4) is 0 Å². The Hall–Kier alpha value is -0.770. The molecule has 0 aliphatic carbocycles. The van der Waals surface area contributed by atoms with Crippen molar-refractivity contribution in [1.82, 2.24) is 5.32 Å². The Kier molecular flexibility index (Phi) is 5.53. The topological polar surface area (TPSA) is 35.5 Å². The fraction of sp³-hybridized carbons (Fsp3) is 0.647. The number of halogens is 1. The molecule has 1 heterocycles. The molecule has 0 atom stereocenters. The van der Waals surface area contributed by atoms with E-state index >= 15 is 0 Å². The van der Waals surface area contributed by atoms with Gasteiger partial charge in [-0.05, 0) is 44.4 Å². The van der Waals surface area contributed by atoms with Gasteiger partial charge in [0.1, 0.15) is 0 Å². The third-order valence-electron chi connectivity index (χ3n) is 4.13. The summed E-state index contributed by atoms with van der Waals surface area (Å²) in [6, 6.07) is 6.10. The van der Waals surface area contributed by atoms with E-state index in [9.17, 15) is 5.11 Å². The summed E-state index contributed by atoms with van der Waals surface area (Å²) in [5.74, 6) is 0.626. The smallest absolute Gasteiger partial charge is 0.0653 e. The quantitative estimate of drug-likeness (QED) is 0.874. The summed E-state index contributed by atoms with van der Waals surface area (Å²) >= 11 is 6.40. The molecule has 0 aromatic heterocycles. The van der Waals surface area contributed by atoms with Gasteiger partial charge in [-0.15, -0.1) is 0 Å². The first kappa shape index (κ1) is 16.6. The van der Waals surface area contributed by atoms with E-state index in [4.69, 9.17) is 11.6 Å². The van der Waals surface area contributed by atoms with Crippen molar-refractivity contribution < 1.29 is 5.11 Å². The predicted molar refractivity (Wildman–Crippen MR) is 90.1 cm³/mol. The summed E-state index contributed by atoms with van der Waals surface area (Å²) in [7, 11) is 0. The molecule has 1 aliphatic heterocycles. The summed E-state index contributed by atoms with van der Waals surface area (Å²) in [6.07, 6.45) is 1.61. The summed E-state index contributed by atoms with van der Waals surface area (Å²) in [6.45, 7) is 9.86. The van der Waals surface area contributed by atoms with Crippen molar-refractivity contribution in [3.05, 3.63) is 28.8 Å². The second-order valence-corrected chi connectivity index (χ2v) is 7.15. The maximum atomic E-state index is 10.1. The van der Waals surface area contributed by atoms with Gasteiger partial charge >= 0.3 is 0 Å². The monoisotopic (exact) mass is 310 g/mol. The van der Waals surface area contributed by atoms with Crippen LogP contribution in [0.2, 0.25) is 5.02 Å². The molecule has 1 aliphatic rings. The number of piperidine rings is 1. The van der Waals surface area contributed by atoms with Crippen molar-refractivity contribution >= 4 is 17.3 Å². The third-order valence-corrected chi connectivity index (χ3v) is 4.48. The zero-order valence-electron chi connectivity index (χ0n) is 13.3. The highest BCUT2D eigenvalue weighted by molar-refractivity contribution is 6.31. The van der Waals surface area contributed by atoms with Crippen molar-refractivity contribution in [3.63, 3.8) is 0 Å². The summed E-state index contributed by atoms with van der Waals surface area (Å²) in [4.78, 5) is 2.34. The minimum absolute atomic E-state index is 0.523. The number of anilines is 1. The fourth-order valence-electron chi connectivity index (χ4n) is 2.73. The van der Waals surface area contributed by atoms with E-state index in [1.807, 2.05) is 19.1 Å².